The number of piperidine rings is 1. The van der Waals surface area contributed by atoms with E-state index < -0.39 is 41.9 Å². The van der Waals surface area contributed by atoms with Gasteiger partial charge in [-0.05, 0) is 63.3 Å². The Morgan fingerprint density at radius 2 is 1.84 bits per heavy atom. The predicted octanol–water partition coefficient (Wildman–Crippen LogP) is 5.08. The molecule has 0 radical (unpaired) electrons. The van der Waals surface area contributed by atoms with Gasteiger partial charge in [0.25, 0.3) is 0 Å². The number of nitrogens with one attached hydrogen (secondary N) is 2. The first-order chi connectivity index (χ1) is 17.8. The van der Waals surface area contributed by atoms with Crippen molar-refractivity contribution in [2.24, 2.45) is 5.92 Å². The Morgan fingerprint density at radius 3 is 2.42 bits per heavy atom. The van der Waals surface area contributed by atoms with Gasteiger partial charge in [0.15, 0.2) is 0 Å². The lowest BCUT2D eigenvalue weighted by Gasteiger charge is -2.34. The van der Waals surface area contributed by atoms with Crippen molar-refractivity contribution in [1.29, 1.82) is 0 Å². The van der Waals surface area contributed by atoms with Crippen LogP contribution in [0.25, 0.3) is 0 Å². The number of rotatable bonds is 7. The maximum atomic E-state index is 14.2. The molecule has 0 aliphatic carbocycles. The Morgan fingerprint density at radius 1 is 1.18 bits per heavy atom. The van der Waals surface area contributed by atoms with Crippen molar-refractivity contribution in [2.45, 2.75) is 51.7 Å². The van der Waals surface area contributed by atoms with Crippen LogP contribution in [0.1, 0.15) is 39.2 Å². The molecule has 8 nitrogen and oxygen atoms in total. The van der Waals surface area contributed by atoms with Crippen LogP contribution in [0.15, 0.2) is 30.3 Å². The van der Waals surface area contributed by atoms with Crippen LogP contribution in [0.2, 0.25) is 10.0 Å². The number of alkyl carbamates (subject to hydrolysis) is 1. The molecule has 0 aromatic heterocycles. The molecule has 0 bridgehead atoms. The maximum Gasteiger partial charge on any atom is 0.408 e. The van der Waals surface area contributed by atoms with Crippen LogP contribution in [0, 0.1) is 17.6 Å². The van der Waals surface area contributed by atoms with Crippen LogP contribution < -0.4 is 15.5 Å². The molecular formula is C26H29Cl2F2N3O5. The summed E-state index contributed by atoms with van der Waals surface area (Å²) in [6.45, 7) is 4.49. The molecule has 38 heavy (non-hydrogen) atoms. The summed E-state index contributed by atoms with van der Waals surface area (Å²) in [5.74, 6) is -2.39. The molecule has 0 saturated carbocycles. The van der Waals surface area contributed by atoms with E-state index in [1.54, 1.807) is 20.8 Å². The second kappa shape index (κ2) is 12.3. The topological polar surface area (TPSA) is 108 Å². The zero-order valence-electron chi connectivity index (χ0n) is 21.1. The van der Waals surface area contributed by atoms with Crippen molar-refractivity contribution in [3.63, 3.8) is 0 Å². The van der Waals surface area contributed by atoms with E-state index in [4.69, 9.17) is 27.9 Å². The molecule has 206 valence electrons. The molecule has 2 aromatic rings. The lowest BCUT2D eigenvalue weighted by Crippen LogP contribution is -2.47. The molecule has 1 aliphatic rings. The number of benzene rings is 2. The summed E-state index contributed by atoms with van der Waals surface area (Å²) in [4.78, 5) is 38.8. The quantitative estimate of drug-likeness (QED) is 0.429. The molecule has 2 atom stereocenters. The van der Waals surface area contributed by atoms with Crippen LogP contribution >= 0.6 is 23.2 Å². The minimum atomic E-state index is -1.31. The van der Waals surface area contributed by atoms with E-state index in [1.807, 2.05) is 0 Å². The number of aliphatic hydroxyl groups excluding tert-OH is 1. The van der Waals surface area contributed by atoms with Crippen molar-refractivity contribution in [1.82, 2.24) is 5.32 Å². The van der Waals surface area contributed by atoms with E-state index >= 15 is 0 Å². The zero-order valence-corrected chi connectivity index (χ0v) is 22.6. The molecule has 2 aromatic carbocycles. The van der Waals surface area contributed by atoms with Gasteiger partial charge in [-0.3, -0.25) is 9.59 Å². The molecular weight excluding hydrogens is 543 g/mol. The van der Waals surface area contributed by atoms with Crippen molar-refractivity contribution >= 4 is 52.5 Å². The average Bonchev–Trinajstić information content (AvgIpc) is 2.79. The van der Waals surface area contributed by atoms with E-state index in [-0.39, 0.29) is 46.2 Å². The van der Waals surface area contributed by atoms with E-state index in [1.165, 1.54) is 29.2 Å². The second-order valence-electron chi connectivity index (χ2n) is 10.0. The van der Waals surface area contributed by atoms with Gasteiger partial charge in [-0.1, -0.05) is 29.3 Å². The van der Waals surface area contributed by atoms with E-state index in [0.717, 1.165) is 6.07 Å². The number of aliphatic hydroxyl groups is 1. The van der Waals surface area contributed by atoms with Crippen LogP contribution in [0.4, 0.5) is 25.0 Å². The Labute approximate surface area is 229 Å². The summed E-state index contributed by atoms with van der Waals surface area (Å²) < 4.78 is 32.5. The molecule has 0 spiro atoms. The predicted molar refractivity (Wildman–Crippen MR) is 140 cm³/mol. The highest BCUT2D eigenvalue weighted by atomic mass is 35.5. The molecule has 1 unspecified atom stereocenters. The fourth-order valence-corrected chi connectivity index (χ4v) is 4.75. The van der Waals surface area contributed by atoms with Gasteiger partial charge in [0.2, 0.25) is 11.8 Å². The highest BCUT2D eigenvalue weighted by Crippen LogP contribution is 2.39. The number of nitrogens with zero attached hydrogens (tertiary/aromatic N) is 1. The Kier molecular flexibility index (Phi) is 9.56. The van der Waals surface area contributed by atoms with Crippen molar-refractivity contribution in [3.05, 3.63) is 57.6 Å². The monoisotopic (exact) mass is 571 g/mol. The number of amides is 3. The van der Waals surface area contributed by atoms with Gasteiger partial charge in [0.1, 0.15) is 23.3 Å². The van der Waals surface area contributed by atoms with Gasteiger partial charge in [-0.2, -0.15) is 0 Å². The summed E-state index contributed by atoms with van der Waals surface area (Å²) in [7, 11) is 0. The number of ether oxygens (including phenoxy) is 1. The molecule has 1 aliphatic heterocycles. The summed E-state index contributed by atoms with van der Waals surface area (Å²) in [6, 6.07) is 4.87. The third kappa shape index (κ3) is 7.78. The van der Waals surface area contributed by atoms with E-state index in [0.29, 0.717) is 18.4 Å². The molecule has 1 saturated heterocycles. The Hall–Kier alpha value is -2.95. The minimum absolute atomic E-state index is 0.0791. The standard InChI is InChI=1S/C26H29Cl2F2N3O5/c1-26(2,3)38-25(37)32-21(13-34)24(36)31-17-10-18(27)23(19(28)11-17)33-12-14(4-7-22(33)35)8-15-5-6-16(29)9-20(15)30/h5-6,9-11,14,21,34H,4,7-8,12-13H2,1-3H3,(H,31,36)(H,32,37)/t14?,21-/m0/s1. The fraction of sp³-hybridized carbons (Fsp3) is 0.423. The lowest BCUT2D eigenvalue weighted by molar-refractivity contribution is -0.120. The van der Waals surface area contributed by atoms with Crippen LogP contribution in [-0.2, 0) is 20.7 Å². The molecule has 3 rings (SSSR count). The van der Waals surface area contributed by atoms with E-state index in [2.05, 4.69) is 10.6 Å². The summed E-state index contributed by atoms with van der Waals surface area (Å²) in [6.07, 6.45) is 0.124. The van der Waals surface area contributed by atoms with E-state index in [9.17, 15) is 28.3 Å². The first-order valence-corrected chi connectivity index (χ1v) is 12.7. The Balaban J connectivity index is 1.73. The molecule has 3 N–H and O–H groups in total. The molecule has 12 heteroatoms. The van der Waals surface area contributed by atoms with Gasteiger partial charge in [-0.15, -0.1) is 0 Å². The first kappa shape index (κ1) is 29.6. The SMILES string of the molecule is CC(C)(C)OC(=O)N[C@@H](CO)C(=O)Nc1cc(Cl)c(N2CC(Cc3ccc(F)cc3F)CCC2=O)c(Cl)c1. The normalized spacial score (nSPS) is 16.7. The average molecular weight is 572 g/mol. The van der Waals surface area contributed by atoms with Crippen molar-refractivity contribution < 1.29 is 33.0 Å². The van der Waals surface area contributed by atoms with Gasteiger partial charge in [0, 0.05) is 24.7 Å². The van der Waals surface area contributed by atoms with Crippen LogP contribution in [-0.4, -0.2) is 47.8 Å². The third-order valence-electron chi connectivity index (χ3n) is 5.78. The molecule has 1 fully saturated rings. The number of halogens is 4. The van der Waals surface area contributed by atoms with Gasteiger partial charge in [0.05, 0.1) is 22.3 Å². The number of carbonyl (C=O) groups is 3. The largest absolute Gasteiger partial charge is 0.444 e. The molecule has 3 amide bonds. The lowest BCUT2D eigenvalue weighted by atomic mass is 9.90. The van der Waals surface area contributed by atoms with Crippen molar-refractivity contribution in [2.75, 3.05) is 23.4 Å². The van der Waals surface area contributed by atoms with Crippen molar-refractivity contribution in [3.8, 4) is 0 Å². The van der Waals surface area contributed by atoms with Crippen LogP contribution in [0.5, 0.6) is 0 Å². The fourth-order valence-electron chi connectivity index (χ4n) is 4.06. The second-order valence-corrected chi connectivity index (χ2v) is 10.8. The minimum Gasteiger partial charge on any atom is -0.444 e. The molecule has 1 heterocycles. The highest BCUT2D eigenvalue weighted by molar-refractivity contribution is 6.40. The smallest absolute Gasteiger partial charge is 0.408 e. The maximum absolute atomic E-state index is 14.2. The highest BCUT2D eigenvalue weighted by Gasteiger charge is 2.31. The number of carbonyl (C=O) groups excluding carboxylic acids is 3. The van der Waals surface area contributed by atoms with Gasteiger partial charge < -0.3 is 25.4 Å². The zero-order chi connectivity index (χ0) is 28.2. The van der Waals surface area contributed by atoms with Gasteiger partial charge in [-0.25, -0.2) is 13.6 Å². The first-order valence-electron chi connectivity index (χ1n) is 11.9. The van der Waals surface area contributed by atoms with Gasteiger partial charge >= 0.3 is 6.09 Å². The summed E-state index contributed by atoms with van der Waals surface area (Å²) in [5.41, 5.74) is -0.0339. The number of hydrogen-bond donors (Lipinski definition) is 3. The third-order valence-corrected chi connectivity index (χ3v) is 6.35. The van der Waals surface area contributed by atoms with Crippen LogP contribution in [0.3, 0.4) is 0 Å². The Bertz CT molecular complexity index is 1200. The number of hydrogen-bond acceptors (Lipinski definition) is 5. The summed E-state index contributed by atoms with van der Waals surface area (Å²) >= 11 is 12.9. The number of anilines is 2. The summed E-state index contributed by atoms with van der Waals surface area (Å²) in [5, 5.41) is 14.5.